The SMILES string of the molecule is CCO[C@H](C(=O)NCc1ccc(C#N)cc1Oc1ccccc1)c1c(F)cc(OC)cc1F. The van der Waals surface area contributed by atoms with Gasteiger partial charge in [-0.2, -0.15) is 5.26 Å². The lowest BCUT2D eigenvalue weighted by molar-refractivity contribution is -0.133. The maximum atomic E-state index is 14.6. The van der Waals surface area contributed by atoms with Crippen LogP contribution in [0.1, 0.15) is 29.7 Å². The molecule has 6 nitrogen and oxygen atoms in total. The van der Waals surface area contributed by atoms with Gasteiger partial charge in [0.15, 0.2) is 6.10 Å². The van der Waals surface area contributed by atoms with Gasteiger partial charge in [-0.1, -0.05) is 24.3 Å². The first-order chi connectivity index (χ1) is 16.0. The third-order valence-corrected chi connectivity index (χ3v) is 4.74. The molecule has 1 atom stereocenters. The molecule has 0 aliphatic carbocycles. The van der Waals surface area contributed by atoms with E-state index in [9.17, 15) is 18.8 Å². The molecular formula is C25H22F2N2O4. The quantitative estimate of drug-likeness (QED) is 0.493. The molecule has 3 rings (SSSR count). The maximum Gasteiger partial charge on any atom is 0.254 e. The van der Waals surface area contributed by atoms with Crippen LogP contribution in [0.15, 0.2) is 60.7 Å². The van der Waals surface area contributed by atoms with Gasteiger partial charge in [0.2, 0.25) is 0 Å². The number of methoxy groups -OCH3 is 1. The van der Waals surface area contributed by atoms with E-state index in [1.165, 1.54) is 7.11 Å². The minimum Gasteiger partial charge on any atom is -0.497 e. The van der Waals surface area contributed by atoms with Crippen molar-refractivity contribution in [2.24, 2.45) is 0 Å². The van der Waals surface area contributed by atoms with E-state index in [1.54, 1.807) is 49.4 Å². The minimum absolute atomic E-state index is 0.00954. The summed E-state index contributed by atoms with van der Waals surface area (Å²) in [6, 6.07) is 17.7. The smallest absolute Gasteiger partial charge is 0.254 e. The number of halogens is 2. The van der Waals surface area contributed by atoms with E-state index in [2.05, 4.69) is 5.32 Å². The molecule has 0 heterocycles. The van der Waals surface area contributed by atoms with Crippen LogP contribution in [-0.4, -0.2) is 19.6 Å². The average molecular weight is 452 g/mol. The summed E-state index contributed by atoms with van der Waals surface area (Å²) in [6.45, 7) is 1.66. The van der Waals surface area contributed by atoms with Crippen LogP contribution >= 0.6 is 0 Å². The van der Waals surface area contributed by atoms with E-state index < -0.39 is 29.2 Å². The second-order valence-corrected chi connectivity index (χ2v) is 6.91. The third-order valence-electron chi connectivity index (χ3n) is 4.74. The molecule has 1 N–H and O–H groups in total. The highest BCUT2D eigenvalue weighted by Gasteiger charge is 2.28. The van der Waals surface area contributed by atoms with Gasteiger partial charge in [0.25, 0.3) is 5.91 Å². The average Bonchev–Trinajstić information content (AvgIpc) is 2.82. The van der Waals surface area contributed by atoms with E-state index in [-0.39, 0.29) is 18.9 Å². The number of nitrogens with one attached hydrogen (secondary N) is 1. The molecular weight excluding hydrogens is 430 g/mol. The number of rotatable bonds is 9. The number of nitriles is 1. The predicted molar refractivity (Wildman–Crippen MR) is 117 cm³/mol. The Kier molecular flexibility index (Phi) is 7.95. The standard InChI is InChI=1S/C25H22F2N2O4/c1-3-32-24(23-20(26)12-19(31-2)13-21(23)27)25(30)29-15-17-10-9-16(14-28)11-22(17)33-18-7-5-4-6-8-18/h4-13,24H,3,15H2,1-2H3,(H,29,30)/t24-/m0/s1. The van der Waals surface area contributed by atoms with Crippen LogP contribution in [0.2, 0.25) is 0 Å². The molecule has 0 aliphatic rings. The van der Waals surface area contributed by atoms with Crippen molar-refractivity contribution in [1.29, 1.82) is 5.26 Å². The van der Waals surface area contributed by atoms with Crippen molar-refractivity contribution in [3.63, 3.8) is 0 Å². The van der Waals surface area contributed by atoms with E-state index >= 15 is 0 Å². The largest absolute Gasteiger partial charge is 0.497 e. The molecule has 0 unspecified atom stereocenters. The Balaban J connectivity index is 1.83. The number of benzene rings is 3. The number of hydrogen-bond acceptors (Lipinski definition) is 5. The van der Waals surface area contributed by atoms with Crippen molar-refractivity contribution in [2.75, 3.05) is 13.7 Å². The number of para-hydroxylation sites is 1. The zero-order chi connectivity index (χ0) is 23.8. The van der Waals surface area contributed by atoms with E-state index in [4.69, 9.17) is 14.2 Å². The topological polar surface area (TPSA) is 80.6 Å². The van der Waals surface area contributed by atoms with Crippen molar-refractivity contribution in [3.05, 3.63) is 89.0 Å². The number of ether oxygens (including phenoxy) is 3. The van der Waals surface area contributed by atoms with Crippen molar-refractivity contribution in [3.8, 4) is 23.3 Å². The maximum absolute atomic E-state index is 14.6. The van der Waals surface area contributed by atoms with Gasteiger partial charge in [-0.05, 0) is 31.2 Å². The van der Waals surface area contributed by atoms with Gasteiger partial charge in [0.05, 0.1) is 24.3 Å². The summed E-state index contributed by atoms with van der Waals surface area (Å²) in [5.41, 5.74) is 0.443. The number of hydrogen-bond donors (Lipinski definition) is 1. The summed E-state index contributed by atoms with van der Waals surface area (Å²) < 4.78 is 45.2. The molecule has 0 saturated heterocycles. The molecule has 0 aromatic heterocycles. The molecule has 1 amide bonds. The van der Waals surface area contributed by atoms with Crippen molar-refractivity contribution in [2.45, 2.75) is 19.6 Å². The van der Waals surface area contributed by atoms with Gasteiger partial charge >= 0.3 is 0 Å². The summed E-state index contributed by atoms with van der Waals surface area (Å²) in [6.07, 6.45) is -1.50. The van der Waals surface area contributed by atoms with E-state index in [0.29, 0.717) is 22.6 Å². The Morgan fingerprint density at radius 1 is 1.06 bits per heavy atom. The third kappa shape index (κ3) is 5.84. The molecule has 0 fully saturated rings. The first-order valence-corrected chi connectivity index (χ1v) is 10.1. The molecule has 170 valence electrons. The highest BCUT2D eigenvalue weighted by molar-refractivity contribution is 5.82. The summed E-state index contributed by atoms with van der Waals surface area (Å²) >= 11 is 0. The lowest BCUT2D eigenvalue weighted by Gasteiger charge is -2.19. The predicted octanol–water partition coefficient (Wildman–Crippen LogP) is 5.03. The fourth-order valence-corrected chi connectivity index (χ4v) is 3.14. The Bertz CT molecular complexity index is 1140. The van der Waals surface area contributed by atoms with Crippen molar-refractivity contribution >= 4 is 5.91 Å². The van der Waals surface area contributed by atoms with Crippen molar-refractivity contribution < 1.29 is 27.8 Å². The molecule has 0 bridgehead atoms. The first kappa shape index (κ1) is 23.7. The van der Waals surface area contributed by atoms with Crippen LogP contribution in [0.4, 0.5) is 8.78 Å². The van der Waals surface area contributed by atoms with Gasteiger partial charge in [-0.25, -0.2) is 8.78 Å². The second-order valence-electron chi connectivity index (χ2n) is 6.91. The van der Waals surface area contributed by atoms with E-state index in [0.717, 1.165) is 12.1 Å². The Labute approximate surface area is 190 Å². The van der Waals surface area contributed by atoms with Gasteiger partial charge in [-0.15, -0.1) is 0 Å². The monoisotopic (exact) mass is 452 g/mol. The zero-order valence-corrected chi connectivity index (χ0v) is 18.1. The molecule has 0 spiro atoms. The van der Waals surface area contributed by atoms with Crippen LogP contribution in [0.5, 0.6) is 17.2 Å². The first-order valence-electron chi connectivity index (χ1n) is 10.1. The highest BCUT2D eigenvalue weighted by Crippen LogP contribution is 2.29. The highest BCUT2D eigenvalue weighted by atomic mass is 19.1. The summed E-state index contributed by atoms with van der Waals surface area (Å²) in [4.78, 5) is 12.9. The molecule has 8 heteroatoms. The zero-order valence-electron chi connectivity index (χ0n) is 18.1. The van der Waals surface area contributed by atoms with Gasteiger partial charge < -0.3 is 19.5 Å². The lowest BCUT2D eigenvalue weighted by Crippen LogP contribution is -2.31. The van der Waals surface area contributed by atoms with Gasteiger partial charge in [-0.3, -0.25) is 4.79 Å². The number of nitrogens with zero attached hydrogens (tertiary/aromatic N) is 1. The summed E-state index contributed by atoms with van der Waals surface area (Å²) in [5, 5.41) is 11.9. The fraction of sp³-hybridized carbons (Fsp3) is 0.200. The molecule has 3 aromatic rings. The van der Waals surface area contributed by atoms with Crippen LogP contribution in [0.3, 0.4) is 0 Å². The molecule has 33 heavy (non-hydrogen) atoms. The van der Waals surface area contributed by atoms with Crippen LogP contribution in [0.25, 0.3) is 0 Å². The van der Waals surface area contributed by atoms with Gasteiger partial charge in [0, 0.05) is 30.8 Å². The van der Waals surface area contributed by atoms with Gasteiger partial charge in [0.1, 0.15) is 28.9 Å². The van der Waals surface area contributed by atoms with Crippen LogP contribution in [0, 0.1) is 23.0 Å². The Morgan fingerprint density at radius 2 is 1.76 bits per heavy atom. The Morgan fingerprint density at radius 3 is 2.36 bits per heavy atom. The molecule has 3 aromatic carbocycles. The van der Waals surface area contributed by atoms with Crippen LogP contribution < -0.4 is 14.8 Å². The molecule has 0 aliphatic heterocycles. The van der Waals surface area contributed by atoms with Crippen molar-refractivity contribution in [1.82, 2.24) is 5.32 Å². The molecule has 0 saturated carbocycles. The fourth-order valence-electron chi connectivity index (χ4n) is 3.14. The minimum atomic E-state index is -1.50. The normalized spacial score (nSPS) is 11.4. The summed E-state index contributed by atoms with van der Waals surface area (Å²) in [5.74, 6) is -1.72. The number of amides is 1. The summed E-state index contributed by atoms with van der Waals surface area (Å²) in [7, 11) is 1.29. The second kappa shape index (κ2) is 11.1. The van der Waals surface area contributed by atoms with Crippen LogP contribution in [-0.2, 0) is 16.1 Å². The lowest BCUT2D eigenvalue weighted by atomic mass is 10.1. The molecule has 0 radical (unpaired) electrons. The van der Waals surface area contributed by atoms with E-state index in [1.807, 2.05) is 12.1 Å². The number of carbonyl (C=O) groups is 1. The Hall–Kier alpha value is -3.96. The number of carbonyl (C=O) groups excluding carboxylic acids is 1.